The molecule has 9 nitrogen and oxygen atoms in total. The quantitative estimate of drug-likeness (QED) is 0.459. The highest BCUT2D eigenvalue weighted by molar-refractivity contribution is 6.07. The van der Waals surface area contributed by atoms with Gasteiger partial charge in [-0.05, 0) is 36.8 Å². The topological polar surface area (TPSA) is 131 Å². The number of nitriles is 1. The lowest BCUT2D eigenvalue weighted by Gasteiger charge is -2.29. The predicted octanol–water partition coefficient (Wildman–Crippen LogP) is 1.84. The van der Waals surface area contributed by atoms with Crippen molar-refractivity contribution < 1.29 is 36.7 Å². The first-order valence-electron chi connectivity index (χ1n) is 12.4. The molecule has 5 rings (SSSR count). The van der Waals surface area contributed by atoms with E-state index in [-0.39, 0.29) is 44.1 Å². The second-order valence-electron chi connectivity index (χ2n) is 10.6. The number of alkyl halides is 4. The van der Waals surface area contributed by atoms with Gasteiger partial charge >= 0.3 is 12.1 Å². The number of benzene rings is 1. The molecule has 1 aromatic carbocycles. The largest absolute Gasteiger partial charge is 0.471 e. The van der Waals surface area contributed by atoms with Gasteiger partial charge in [0.15, 0.2) is 0 Å². The number of fused-ring (bicyclic) bond motifs is 2. The van der Waals surface area contributed by atoms with Crippen molar-refractivity contribution in [1.29, 1.82) is 5.26 Å². The SMILES string of the molecule is N#C[C@@H]1C[C@@]2(CN1C(=O)[C@H](CC1CC1)NC(=O)[C@@H](NC(=O)C(F)(F)F)C1(F)CC1)C(=O)Nc1ccccc12. The van der Waals surface area contributed by atoms with E-state index in [9.17, 15) is 42.0 Å². The first-order chi connectivity index (χ1) is 17.9. The molecule has 2 aliphatic carbocycles. The van der Waals surface area contributed by atoms with Crippen molar-refractivity contribution in [2.75, 3.05) is 11.9 Å². The minimum absolute atomic E-state index is 0.0278. The molecule has 0 bridgehead atoms. The second-order valence-corrected chi connectivity index (χ2v) is 10.6. The van der Waals surface area contributed by atoms with Gasteiger partial charge in [-0.25, -0.2) is 4.39 Å². The van der Waals surface area contributed by atoms with Crippen LogP contribution in [0.1, 0.15) is 44.1 Å². The smallest absolute Gasteiger partial charge is 0.342 e. The lowest BCUT2D eigenvalue weighted by molar-refractivity contribution is -0.175. The summed E-state index contributed by atoms with van der Waals surface area (Å²) in [4.78, 5) is 52.4. The zero-order valence-corrected chi connectivity index (χ0v) is 20.1. The zero-order chi connectivity index (χ0) is 27.5. The Hall–Kier alpha value is -3.69. The van der Waals surface area contributed by atoms with E-state index in [1.807, 2.05) is 6.07 Å². The van der Waals surface area contributed by atoms with Crippen molar-refractivity contribution in [2.45, 2.75) is 73.9 Å². The third kappa shape index (κ3) is 4.56. The number of hydrogen-bond acceptors (Lipinski definition) is 5. The molecule has 0 unspecified atom stereocenters. The third-order valence-electron chi connectivity index (χ3n) is 7.84. The molecule has 2 aliphatic heterocycles. The van der Waals surface area contributed by atoms with Crippen molar-refractivity contribution >= 4 is 29.3 Å². The van der Waals surface area contributed by atoms with Crippen molar-refractivity contribution in [3.05, 3.63) is 29.8 Å². The summed E-state index contributed by atoms with van der Waals surface area (Å²) in [5, 5.41) is 16.4. The molecule has 3 N–H and O–H groups in total. The average molecular weight is 535 g/mol. The Bertz CT molecular complexity index is 1240. The minimum atomic E-state index is -5.32. The van der Waals surface area contributed by atoms with Crippen molar-refractivity contribution in [1.82, 2.24) is 15.5 Å². The molecule has 0 aromatic heterocycles. The number of hydrogen-bond donors (Lipinski definition) is 3. The first kappa shape index (κ1) is 25.9. The van der Waals surface area contributed by atoms with Gasteiger partial charge in [-0.15, -0.1) is 0 Å². The Morgan fingerprint density at radius 1 is 1.18 bits per heavy atom. The van der Waals surface area contributed by atoms with Crippen LogP contribution in [0.25, 0.3) is 0 Å². The van der Waals surface area contributed by atoms with Gasteiger partial charge in [0.05, 0.1) is 11.5 Å². The molecule has 202 valence electrons. The fourth-order valence-corrected chi connectivity index (χ4v) is 5.40. The molecule has 3 fully saturated rings. The van der Waals surface area contributed by atoms with Crippen LogP contribution in [0.5, 0.6) is 0 Å². The zero-order valence-electron chi connectivity index (χ0n) is 20.1. The van der Waals surface area contributed by atoms with Crippen LogP contribution in [0.3, 0.4) is 0 Å². The summed E-state index contributed by atoms with van der Waals surface area (Å²) >= 11 is 0. The summed E-state index contributed by atoms with van der Waals surface area (Å²) in [7, 11) is 0. The molecule has 1 saturated heterocycles. The number of anilines is 1. The summed E-state index contributed by atoms with van der Waals surface area (Å²) in [6.07, 6.45) is -4.07. The number of carbonyl (C=O) groups is 4. The predicted molar refractivity (Wildman–Crippen MR) is 123 cm³/mol. The number of amides is 4. The van der Waals surface area contributed by atoms with Gasteiger partial charge in [-0.3, -0.25) is 19.2 Å². The van der Waals surface area contributed by atoms with E-state index in [4.69, 9.17) is 0 Å². The van der Waals surface area contributed by atoms with Crippen LogP contribution in [0.4, 0.5) is 23.2 Å². The molecule has 13 heteroatoms. The number of halogens is 4. The molecule has 4 atom stereocenters. The number of para-hydroxylation sites is 1. The van der Waals surface area contributed by atoms with E-state index in [1.54, 1.807) is 24.3 Å². The fourth-order valence-electron chi connectivity index (χ4n) is 5.40. The maximum Gasteiger partial charge on any atom is 0.471 e. The number of likely N-dealkylation sites (tertiary alicyclic amines) is 1. The molecule has 38 heavy (non-hydrogen) atoms. The van der Waals surface area contributed by atoms with E-state index in [0.29, 0.717) is 11.3 Å². The Morgan fingerprint density at radius 2 is 1.87 bits per heavy atom. The molecular formula is C25H25F4N5O4. The van der Waals surface area contributed by atoms with Crippen LogP contribution >= 0.6 is 0 Å². The van der Waals surface area contributed by atoms with Crippen LogP contribution in [0.15, 0.2) is 24.3 Å². The third-order valence-corrected chi connectivity index (χ3v) is 7.84. The van der Waals surface area contributed by atoms with Gasteiger partial charge in [0.1, 0.15) is 23.8 Å². The van der Waals surface area contributed by atoms with Crippen LogP contribution < -0.4 is 16.0 Å². The summed E-state index contributed by atoms with van der Waals surface area (Å²) < 4.78 is 53.4. The lowest BCUT2D eigenvalue weighted by atomic mass is 9.80. The lowest BCUT2D eigenvalue weighted by Crippen LogP contribution is -2.59. The number of nitrogens with zero attached hydrogens (tertiary/aromatic N) is 2. The Balaban J connectivity index is 1.38. The number of carbonyl (C=O) groups excluding carboxylic acids is 4. The van der Waals surface area contributed by atoms with E-state index in [0.717, 1.165) is 12.8 Å². The van der Waals surface area contributed by atoms with Crippen LogP contribution in [-0.2, 0) is 24.6 Å². The number of rotatable bonds is 7. The van der Waals surface area contributed by atoms with Gasteiger partial charge in [0.25, 0.3) is 0 Å². The second kappa shape index (κ2) is 8.96. The normalized spacial score (nSPS) is 26.7. The standard InChI is InChI=1S/C25H25F4N5O4/c26-24(7-8-24)18(33-22(38)25(27,28)29)19(35)31-17(9-13-5-6-13)20(36)34-12-23(10-14(34)11-30)15-3-1-2-4-16(15)32-21(23)37/h1-4,13-14,17-18H,5-10,12H2,(H,31,35)(H,32,37)(H,33,38)/t14-,17-,18+,23-/m0/s1. The highest BCUT2D eigenvalue weighted by Crippen LogP contribution is 2.47. The van der Waals surface area contributed by atoms with Crippen molar-refractivity contribution in [2.24, 2.45) is 5.92 Å². The van der Waals surface area contributed by atoms with E-state index in [2.05, 4.69) is 10.6 Å². The molecule has 0 radical (unpaired) electrons. The summed E-state index contributed by atoms with van der Waals surface area (Å²) in [5.41, 5.74) is -2.30. The van der Waals surface area contributed by atoms with Gasteiger partial charge < -0.3 is 20.9 Å². The summed E-state index contributed by atoms with van der Waals surface area (Å²) in [5.74, 6) is -4.69. The van der Waals surface area contributed by atoms with Gasteiger partial charge in [0.2, 0.25) is 17.7 Å². The fraction of sp³-hybridized carbons (Fsp3) is 0.560. The highest BCUT2D eigenvalue weighted by Gasteiger charge is 2.58. The van der Waals surface area contributed by atoms with E-state index < -0.39 is 53.1 Å². The molecule has 4 amide bonds. The maximum atomic E-state index is 14.9. The van der Waals surface area contributed by atoms with Crippen LogP contribution in [0, 0.1) is 17.2 Å². The molecule has 4 aliphatic rings. The highest BCUT2D eigenvalue weighted by atomic mass is 19.4. The Morgan fingerprint density at radius 3 is 2.47 bits per heavy atom. The van der Waals surface area contributed by atoms with Gasteiger partial charge in [-0.2, -0.15) is 18.4 Å². The van der Waals surface area contributed by atoms with Crippen molar-refractivity contribution in [3.8, 4) is 6.07 Å². The molecule has 2 saturated carbocycles. The summed E-state index contributed by atoms with van der Waals surface area (Å²) in [6, 6.07) is 4.57. The molecule has 1 aromatic rings. The van der Waals surface area contributed by atoms with Crippen LogP contribution in [-0.4, -0.2) is 65.0 Å². The maximum absolute atomic E-state index is 14.9. The summed E-state index contributed by atoms with van der Waals surface area (Å²) in [6.45, 7) is -0.134. The Kier molecular flexibility index (Phi) is 6.11. The van der Waals surface area contributed by atoms with Gasteiger partial charge in [0, 0.05) is 18.7 Å². The number of nitrogens with one attached hydrogen (secondary N) is 3. The van der Waals surface area contributed by atoms with Crippen molar-refractivity contribution in [3.63, 3.8) is 0 Å². The monoisotopic (exact) mass is 535 g/mol. The van der Waals surface area contributed by atoms with E-state index in [1.165, 1.54) is 10.2 Å². The molecular weight excluding hydrogens is 510 g/mol. The molecule has 2 heterocycles. The Labute approximate surface area is 214 Å². The van der Waals surface area contributed by atoms with E-state index >= 15 is 0 Å². The average Bonchev–Trinajstić information content (AvgIpc) is 3.78. The first-order valence-corrected chi connectivity index (χ1v) is 12.4. The minimum Gasteiger partial charge on any atom is -0.342 e. The molecule has 1 spiro atoms. The van der Waals surface area contributed by atoms with Gasteiger partial charge in [-0.1, -0.05) is 31.0 Å². The van der Waals surface area contributed by atoms with Crippen LogP contribution in [0.2, 0.25) is 0 Å².